The first kappa shape index (κ1) is 7.45. The molecule has 2 heteroatoms. The molecule has 58 valence electrons. The fraction of sp³-hybridized carbons (Fsp3) is 0.750. The largest absolute Gasteiger partial charge is 0.479 e. The van der Waals surface area contributed by atoms with Gasteiger partial charge in [0, 0.05) is 6.54 Å². The number of unbranched alkanes of at least 4 members (excludes halogenated alkanes) is 1. The highest BCUT2D eigenvalue weighted by atomic mass is 16.5. The van der Waals surface area contributed by atoms with Crippen LogP contribution in [0.3, 0.4) is 0 Å². The second-order valence-electron chi connectivity index (χ2n) is 2.49. The van der Waals surface area contributed by atoms with Gasteiger partial charge in [-0.3, -0.25) is 0 Å². The molecule has 0 amide bonds. The summed E-state index contributed by atoms with van der Waals surface area (Å²) < 4.78 is 5.39. The number of nitrogens with one attached hydrogen (secondary N) is 1. The molecule has 0 spiro atoms. The highest BCUT2D eigenvalue weighted by Gasteiger charge is 2.01. The standard InChI is InChI=1S/C8H15NO/c1-2-3-7-10-8-5-4-6-9-8/h5,9H,2-4,6-7H2,1H3. The lowest BCUT2D eigenvalue weighted by molar-refractivity contribution is 0.192. The van der Waals surface area contributed by atoms with E-state index >= 15 is 0 Å². The first-order valence-corrected chi connectivity index (χ1v) is 4.00. The Morgan fingerprint density at radius 3 is 3.20 bits per heavy atom. The van der Waals surface area contributed by atoms with Crippen LogP contribution in [0, 0.1) is 0 Å². The van der Waals surface area contributed by atoms with Gasteiger partial charge in [-0.2, -0.15) is 0 Å². The smallest absolute Gasteiger partial charge is 0.182 e. The van der Waals surface area contributed by atoms with Crippen molar-refractivity contribution >= 4 is 0 Å². The highest BCUT2D eigenvalue weighted by molar-refractivity contribution is 4.97. The van der Waals surface area contributed by atoms with Crippen LogP contribution in [0.25, 0.3) is 0 Å². The van der Waals surface area contributed by atoms with E-state index in [2.05, 4.69) is 18.3 Å². The van der Waals surface area contributed by atoms with Crippen molar-refractivity contribution in [3.05, 3.63) is 12.0 Å². The van der Waals surface area contributed by atoms with E-state index < -0.39 is 0 Å². The Labute approximate surface area is 62.3 Å². The van der Waals surface area contributed by atoms with Crippen molar-refractivity contribution in [1.82, 2.24) is 5.32 Å². The van der Waals surface area contributed by atoms with Crippen molar-refractivity contribution in [3.63, 3.8) is 0 Å². The maximum absolute atomic E-state index is 5.39. The maximum atomic E-state index is 5.39. The molecule has 1 aliphatic rings. The zero-order chi connectivity index (χ0) is 7.23. The number of hydrogen-bond donors (Lipinski definition) is 1. The third kappa shape index (κ3) is 2.29. The summed E-state index contributed by atoms with van der Waals surface area (Å²) in [5, 5.41) is 3.15. The summed E-state index contributed by atoms with van der Waals surface area (Å²) in [7, 11) is 0. The molecule has 0 aliphatic carbocycles. The monoisotopic (exact) mass is 141 g/mol. The van der Waals surface area contributed by atoms with Gasteiger partial charge in [0.2, 0.25) is 0 Å². The fourth-order valence-corrected chi connectivity index (χ4v) is 0.907. The zero-order valence-corrected chi connectivity index (χ0v) is 6.52. The van der Waals surface area contributed by atoms with E-state index in [1.807, 2.05) is 0 Å². The molecule has 0 aromatic heterocycles. The van der Waals surface area contributed by atoms with Gasteiger partial charge >= 0.3 is 0 Å². The lowest BCUT2D eigenvalue weighted by Gasteiger charge is -2.05. The second-order valence-corrected chi connectivity index (χ2v) is 2.49. The van der Waals surface area contributed by atoms with Gasteiger partial charge < -0.3 is 10.1 Å². The average Bonchev–Trinajstić information content (AvgIpc) is 2.41. The third-order valence-electron chi connectivity index (χ3n) is 1.53. The lowest BCUT2D eigenvalue weighted by Crippen LogP contribution is -2.10. The molecule has 0 aromatic rings. The molecule has 1 aliphatic heterocycles. The molecule has 1 N–H and O–H groups in total. The first-order valence-electron chi connectivity index (χ1n) is 4.00. The highest BCUT2D eigenvalue weighted by Crippen LogP contribution is 2.03. The molecular formula is C8H15NO. The van der Waals surface area contributed by atoms with Gasteiger partial charge in [-0.05, 0) is 18.9 Å². The van der Waals surface area contributed by atoms with Gasteiger partial charge in [0.05, 0.1) is 6.61 Å². The molecule has 0 atom stereocenters. The first-order chi connectivity index (χ1) is 4.93. The van der Waals surface area contributed by atoms with Crippen molar-refractivity contribution in [2.24, 2.45) is 0 Å². The van der Waals surface area contributed by atoms with Crippen molar-refractivity contribution in [2.75, 3.05) is 13.2 Å². The molecule has 10 heavy (non-hydrogen) atoms. The van der Waals surface area contributed by atoms with Crippen molar-refractivity contribution < 1.29 is 4.74 Å². The van der Waals surface area contributed by atoms with Crippen molar-refractivity contribution in [1.29, 1.82) is 0 Å². The number of hydrogen-bond acceptors (Lipinski definition) is 2. The minimum absolute atomic E-state index is 0.856. The number of rotatable bonds is 4. The molecule has 0 radical (unpaired) electrons. The minimum atomic E-state index is 0.856. The van der Waals surface area contributed by atoms with Crippen LogP contribution >= 0.6 is 0 Å². The van der Waals surface area contributed by atoms with Gasteiger partial charge in [-0.1, -0.05) is 13.3 Å². The molecular weight excluding hydrogens is 126 g/mol. The molecule has 0 aromatic carbocycles. The SMILES string of the molecule is CCCCOC1=CCCN1. The van der Waals surface area contributed by atoms with Crippen molar-refractivity contribution in [3.8, 4) is 0 Å². The normalized spacial score (nSPS) is 16.3. The van der Waals surface area contributed by atoms with Crippen molar-refractivity contribution in [2.45, 2.75) is 26.2 Å². The van der Waals surface area contributed by atoms with Crippen LogP contribution < -0.4 is 5.32 Å². The zero-order valence-electron chi connectivity index (χ0n) is 6.52. The number of ether oxygens (including phenoxy) is 1. The van der Waals surface area contributed by atoms with Crippen LogP contribution in [-0.4, -0.2) is 13.2 Å². The Bertz CT molecular complexity index is 120. The van der Waals surface area contributed by atoms with Crippen LogP contribution in [0.15, 0.2) is 12.0 Å². The Hall–Kier alpha value is -0.660. The van der Waals surface area contributed by atoms with Crippen LogP contribution in [0.4, 0.5) is 0 Å². The molecule has 0 saturated heterocycles. The lowest BCUT2D eigenvalue weighted by atomic mass is 10.4. The van der Waals surface area contributed by atoms with Crippen LogP contribution in [-0.2, 0) is 4.74 Å². The maximum Gasteiger partial charge on any atom is 0.182 e. The van der Waals surface area contributed by atoms with E-state index in [1.165, 1.54) is 6.42 Å². The Morgan fingerprint density at radius 2 is 2.60 bits per heavy atom. The second kappa shape index (κ2) is 4.20. The van der Waals surface area contributed by atoms with E-state index in [4.69, 9.17) is 4.74 Å². The third-order valence-corrected chi connectivity index (χ3v) is 1.53. The van der Waals surface area contributed by atoms with Gasteiger partial charge in [-0.25, -0.2) is 0 Å². The molecule has 0 unspecified atom stereocenters. The Balaban J connectivity index is 2.01. The van der Waals surface area contributed by atoms with Crippen LogP contribution in [0.5, 0.6) is 0 Å². The van der Waals surface area contributed by atoms with Gasteiger partial charge in [0.25, 0.3) is 0 Å². The summed E-state index contributed by atoms with van der Waals surface area (Å²) in [6.07, 6.45) is 5.57. The average molecular weight is 141 g/mol. The minimum Gasteiger partial charge on any atom is -0.479 e. The van der Waals surface area contributed by atoms with Crippen LogP contribution in [0.1, 0.15) is 26.2 Å². The van der Waals surface area contributed by atoms with Gasteiger partial charge in [0.1, 0.15) is 0 Å². The van der Waals surface area contributed by atoms with Crippen LogP contribution in [0.2, 0.25) is 0 Å². The van der Waals surface area contributed by atoms with Gasteiger partial charge in [0.15, 0.2) is 5.88 Å². The van der Waals surface area contributed by atoms with E-state index in [-0.39, 0.29) is 0 Å². The molecule has 0 bridgehead atoms. The predicted molar refractivity (Wildman–Crippen MR) is 41.6 cm³/mol. The summed E-state index contributed by atoms with van der Waals surface area (Å²) in [6.45, 7) is 4.07. The van der Waals surface area contributed by atoms with E-state index in [0.29, 0.717) is 0 Å². The predicted octanol–water partition coefficient (Wildman–Crippen LogP) is 1.64. The van der Waals surface area contributed by atoms with E-state index in [9.17, 15) is 0 Å². The van der Waals surface area contributed by atoms with Gasteiger partial charge in [-0.15, -0.1) is 0 Å². The Morgan fingerprint density at radius 1 is 1.70 bits per heavy atom. The molecule has 2 nitrogen and oxygen atoms in total. The Kier molecular flexibility index (Phi) is 3.13. The van der Waals surface area contributed by atoms with E-state index in [0.717, 1.165) is 31.9 Å². The molecule has 1 rings (SSSR count). The molecule has 0 saturated carbocycles. The summed E-state index contributed by atoms with van der Waals surface area (Å²) >= 11 is 0. The summed E-state index contributed by atoms with van der Waals surface area (Å²) in [5.41, 5.74) is 0. The molecule has 0 fully saturated rings. The topological polar surface area (TPSA) is 21.3 Å². The summed E-state index contributed by atoms with van der Waals surface area (Å²) in [5.74, 6) is 0.980. The summed E-state index contributed by atoms with van der Waals surface area (Å²) in [4.78, 5) is 0. The van der Waals surface area contributed by atoms with E-state index in [1.54, 1.807) is 0 Å². The fourth-order valence-electron chi connectivity index (χ4n) is 0.907. The molecule has 1 heterocycles. The summed E-state index contributed by atoms with van der Waals surface area (Å²) in [6, 6.07) is 0. The quantitative estimate of drug-likeness (QED) is 0.601.